The van der Waals surface area contributed by atoms with Crippen molar-refractivity contribution in [2.45, 2.75) is 6.42 Å². The minimum absolute atomic E-state index is 0.272. The maximum absolute atomic E-state index is 12.8. The molecule has 5 aromatic rings. The van der Waals surface area contributed by atoms with E-state index in [0.29, 0.717) is 38.6 Å². The summed E-state index contributed by atoms with van der Waals surface area (Å²) in [4.78, 5) is 13.2. The minimum Gasteiger partial charge on any atom is -0.454 e. The first-order valence-electron chi connectivity index (χ1n) is 8.83. The lowest BCUT2D eigenvalue weighted by Gasteiger charge is -1.99. The van der Waals surface area contributed by atoms with Crippen molar-refractivity contribution in [3.8, 4) is 22.1 Å². The van der Waals surface area contributed by atoms with Gasteiger partial charge in [0.25, 0.3) is 5.56 Å². The van der Waals surface area contributed by atoms with Gasteiger partial charge < -0.3 is 4.42 Å². The van der Waals surface area contributed by atoms with Crippen molar-refractivity contribution in [3.63, 3.8) is 0 Å². The van der Waals surface area contributed by atoms with Gasteiger partial charge in [-0.2, -0.15) is 4.52 Å². The van der Waals surface area contributed by atoms with Gasteiger partial charge in [-0.25, -0.2) is 0 Å². The van der Waals surface area contributed by atoms with Gasteiger partial charge in [0.2, 0.25) is 4.96 Å². The Morgan fingerprint density at radius 1 is 0.931 bits per heavy atom. The van der Waals surface area contributed by atoms with Crippen LogP contribution in [-0.2, 0) is 6.42 Å². The Labute approximate surface area is 174 Å². The van der Waals surface area contributed by atoms with Gasteiger partial charge in [0.05, 0.1) is 0 Å². The Hall–Kier alpha value is -3.29. The minimum atomic E-state index is -0.272. The van der Waals surface area contributed by atoms with Crippen LogP contribution in [0.5, 0.6) is 0 Å². The van der Waals surface area contributed by atoms with Crippen molar-refractivity contribution in [2.24, 2.45) is 0 Å². The van der Waals surface area contributed by atoms with Crippen molar-refractivity contribution in [1.29, 1.82) is 0 Å². The quantitative estimate of drug-likeness (QED) is 0.420. The summed E-state index contributed by atoms with van der Waals surface area (Å²) in [6, 6.07) is 20.7. The van der Waals surface area contributed by atoms with E-state index in [1.807, 2.05) is 54.6 Å². The number of fused-ring (bicyclic) bond motifs is 1. The molecule has 6 nitrogen and oxygen atoms in total. The molecule has 3 heterocycles. The van der Waals surface area contributed by atoms with Crippen molar-refractivity contribution < 1.29 is 4.42 Å². The maximum atomic E-state index is 12.8. The zero-order valence-electron chi connectivity index (χ0n) is 14.9. The molecule has 0 aliphatic heterocycles. The standard InChI is InChI=1S/C21H13ClN4O2S/c22-15-8-6-14(7-9-15)17-10-11-18(28-17)19-25-26-20(27)16(23-24-21(26)29-19)12-13-4-2-1-3-5-13/h1-11H,12H2. The van der Waals surface area contributed by atoms with Crippen LogP contribution in [-0.4, -0.2) is 19.8 Å². The van der Waals surface area contributed by atoms with Crippen LogP contribution in [0.3, 0.4) is 0 Å². The van der Waals surface area contributed by atoms with Gasteiger partial charge >= 0.3 is 0 Å². The SMILES string of the molecule is O=c1c(Cc2ccccc2)nnc2sc(-c3ccc(-c4ccc(Cl)cc4)o3)nn12. The van der Waals surface area contributed by atoms with Crippen molar-refractivity contribution >= 4 is 27.9 Å². The number of hydrogen-bond acceptors (Lipinski definition) is 6. The second kappa shape index (κ2) is 7.27. The molecule has 0 amide bonds. The van der Waals surface area contributed by atoms with Gasteiger partial charge in [0, 0.05) is 17.0 Å². The highest BCUT2D eigenvalue weighted by Crippen LogP contribution is 2.31. The van der Waals surface area contributed by atoms with Gasteiger partial charge in [-0.3, -0.25) is 4.79 Å². The predicted molar refractivity (Wildman–Crippen MR) is 112 cm³/mol. The van der Waals surface area contributed by atoms with Gasteiger partial charge in [-0.15, -0.1) is 15.3 Å². The monoisotopic (exact) mass is 420 g/mol. The number of rotatable bonds is 4. The molecule has 0 aliphatic carbocycles. The maximum Gasteiger partial charge on any atom is 0.297 e. The Balaban J connectivity index is 1.50. The molecule has 29 heavy (non-hydrogen) atoms. The summed E-state index contributed by atoms with van der Waals surface area (Å²) >= 11 is 7.19. The van der Waals surface area contributed by atoms with Crippen LogP contribution in [0.4, 0.5) is 0 Å². The molecule has 0 N–H and O–H groups in total. The Morgan fingerprint density at radius 3 is 2.48 bits per heavy atom. The molecule has 0 atom stereocenters. The Bertz CT molecular complexity index is 1360. The molecule has 5 rings (SSSR count). The molecule has 0 radical (unpaired) electrons. The highest BCUT2D eigenvalue weighted by atomic mass is 35.5. The smallest absolute Gasteiger partial charge is 0.297 e. The highest BCUT2D eigenvalue weighted by molar-refractivity contribution is 7.19. The third-order valence-corrected chi connectivity index (χ3v) is 5.58. The van der Waals surface area contributed by atoms with Crippen LogP contribution in [0.2, 0.25) is 5.02 Å². The Morgan fingerprint density at radius 2 is 1.69 bits per heavy atom. The predicted octanol–water partition coefficient (Wildman–Crippen LogP) is 4.72. The zero-order valence-corrected chi connectivity index (χ0v) is 16.5. The Kier molecular flexibility index (Phi) is 4.46. The lowest BCUT2D eigenvalue weighted by atomic mass is 10.1. The normalized spacial score (nSPS) is 11.2. The summed E-state index contributed by atoms with van der Waals surface area (Å²) in [7, 11) is 0. The van der Waals surface area contributed by atoms with Crippen LogP contribution in [0, 0.1) is 0 Å². The van der Waals surface area contributed by atoms with Crippen molar-refractivity contribution in [3.05, 3.63) is 93.4 Å². The van der Waals surface area contributed by atoms with E-state index in [1.165, 1.54) is 15.9 Å². The fraction of sp³-hybridized carbons (Fsp3) is 0.0476. The molecule has 8 heteroatoms. The third-order valence-electron chi connectivity index (χ3n) is 4.42. The lowest BCUT2D eigenvalue weighted by Crippen LogP contribution is -2.22. The fourth-order valence-electron chi connectivity index (χ4n) is 2.97. The molecule has 2 aromatic carbocycles. The fourth-order valence-corrected chi connectivity index (χ4v) is 3.89. The van der Waals surface area contributed by atoms with E-state index in [4.69, 9.17) is 16.0 Å². The average Bonchev–Trinajstić information content (AvgIpc) is 3.39. The average molecular weight is 421 g/mol. The third kappa shape index (κ3) is 3.46. The van der Waals surface area contributed by atoms with Crippen LogP contribution in [0.15, 0.2) is 75.9 Å². The number of hydrogen-bond donors (Lipinski definition) is 0. The molecule has 142 valence electrons. The van der Waals surface area contributed by atoms with E-state index in [2.05, 4.69) is 15.3 Å². The van der Waals surface area contributed by atoms with Gasteiger partial charge in [0.1, 0.15) is 11.5 Å². The lowest BCUT2D eigenvalue weighted by molar-refractivity contribution is 0.595. The van der Waals surface area contributed by atoms with E-state index in [-0.39, 0.29) is 5.56 Å². The molecular weight excluding hydrogens is 408 g/mol. The van der Waals surface area contributed by atoms with Gasteiger partial charge in [0.15, 0.2) is 10.8 Å². The zero-order chi connectivity index (χ0) is 19.8. The number of furan rings is 1. The highest BCUT2D eigenvalue weighted by Gasteiger charge is 2.16. The molecule has 0 unspecified atom stereocenters. The number of aromatic nitrogens is 4. The van der Waals surface area contributed by atoms with Crippen molar-refractivity contribution in [1.82, 2.24) is 19.8 Å². The summed E-state index contributed by atoms with van der Waals surface area (Å²) in [5.74, 6) is 1.26. The molecule has 0 spiro atoms. The molecule has 3 aromatic heterocycles. The van der Waals surface area contributed by atoms with E-state index >= 15 is 0 Å². The second-order valence-corrected chi connectivity index (χ2v) is 7.78. The molecule has 0 saturated carbocycles. The van der Waals surface area contributed by atoms with E-state index in [9.17, 15) is 4.79 Å². The molecular formula is C21H13ClN4O2S. The first-order valence-corrected chi connectivity index (χ1v) is 10.0. The second-order valence-electron chi connectivity index (χ2n) is 6.39. The summed E-state index contributed by atoms with van der Waals surface area (Å²) in [5.41, 5.74) is 1.98. The summed E-state index contributed by atoms with van der Waals surface area (Å²) in [6.07, 6.45) is 0.407. The summed E-state index contributed by atoms with van der Waals surface area (Å²) in [5, 5.41) is 13.9. The van der Waals surface area contributed by atoms with Crippen LogP contribution >= 0.6 is 22.9 Å². The molecule has 0 saturated heterocycles. The molecule has 0 aliphatic rings. The summed E-state index contributed by atoms with van der Waals surface area (Å²) < 4.78 is 7.22. The first kappa shape index (κ1) is 17.8. The van der Waals surface area contributed by atoms with Crippen LogP contribution in [0.1, 0.15) is 11.3 Å². The number of benzene rings is 2. The molecule has 0 bridgehead atoms. The van der Waals surface area contributed by atoms with Gasteiger partial charge in [-0.1, -0.05) is 53.3 Å². The van der Waals surface area contributed by atoms with Gasteiger partial charge in [-0.05, 0) is 42.0 Å². The van der Waals surface area contributed by atoms with E-state index in [0.717, 1.165) is 11.1 Å². The van der Waals surface area contributed by atoms with Crippen LogP contribution in [0.25, 0.3) is 27.1 Å². The van der Waals surface area contributed by atoms with Crippen molar-refractivity contribution in [2.75, 3.05) is 0 Å². The summed E-state index contributed by atoms with van der Waals surface area (Å²) in [6.45, 7) is 0. The van der Waals surface area contributed by atoms with Crippen LogP contribution < -0.4 is 5.56 Å². The topological polar surface area (TPSA) is 73.3 Å². The first-order chi connectivity index (χ1) is 14.2. The van der Waals surface area contributed by atoms with E-state index < -0.39 is 0 Å². The number of halogens is 1. The number of nitrogens with zero attached hydrogens (tertiary/aromatic N) is 4. The molecule has 0 fully saturated rings. The van der Waals surface area contributed by atoms with E-state index in [1.54, 1.807) is 12.1 Å². The largest absolute Gasteiger partial charge is 0.454 e.